The van der Waals surface area contributed by atoms with E-state index in [2.05, 4.69) is 17.6 Å². The summed E-state index contributed by atoms with van der Waals surface area (Å²) in [6.45, 7) is 5.29. The number of carbonyl (C=O) groups is 1. The van der Waals surface area contributed by atoms with Gasteiger partial charge in [-0.2, -0.15) is 0 Å². The van der Waals surface area contributed by atoms with Crippen LogP contribution < -0.4 is 10.6 Å². The first kappa shape index (κ1) is 25.8. The van der Waals surface area contributed by atoms with Gasteiger partial charge in [0.25, 0.3) is 0 Å². The van der Waals surface area contributed by atoms with E-state index in [1.807, 2.05) is 25.1 Å². The molecule has 1 aromatic rings. The molecule has 0 bridgehead atoms. The minimum Gasteiger partial charge on any atom is -0.376 e. The van der Waals surface area contributed by atoms with Gasteiger partial charge in [-0.25, -0.2) is 0 Å². The monoisotopic (exact) mass is 422 g/mol. The second-order valence-electron chi connectivity index (χ2n) is 8.21. The van der Waals surface area contributed by atoms with Crippen molar-refractivity contribution in [1.29, 1.82) is 0 Å². The lowest BCUT2D eigenvalue weighted by atomic mass is 10.0. The zero-order valence-corrected chi connectivity index (χ0v) is 19.6. The van der Waals surface area contributed by atoms with Crippen LogP contribution in [0.4, 0.5) is 5.69 Å². The molecule has 0 heterocycles. The average Bonchev–Trinajstić information content (AvgIpc) is 2.72. The molecule has 2 N–H and O–H groups in total. The normalized spacial score (nSPS) is 10.9. The molecule has 1 rings (SSSR count). The summed E-state index contributed by atoms with van der Waals surface area (Å²) in [4.78, 5) is 11.9. The predicted molar refractivity (Wildman–Crippen MR) is 128 cm³/mol. The van der Waals surface area contributed by atoms with Crippen LogP contribution in [0.1, 0.15) is 102 Å². The van der Waals surface area contributed by atoms with E-state index in [1.54, 1.807) is 0 Å². The molecular formula is C25H43ClN2O. The molecule has 29 heavy (non-hydrogen) atoms. The van der Waals surface area contributed by atoms with Crippen molar-refractivity contribution in [3.8, 4) is 0 Å². The second kappa shape index (κ2) is 17.6. The molecule has 1 aromatic carbocycles. The van der Waals surface area contributed by atoms with Crippen LogP contribution in [0.15, 0.2) is 18.2 Å². The van der Waals surface area contributed by atoms with Gasteiger partial charge >= 0.3 is 0 Å². The highest BCUT2D eigenvalue weighted by Gasteiger charge is 2.04. The van der Waals surface area contributed by atoms with E-state index in [0.29, 0.717) is 6.54 Å². The largest absolute Gasteiger partial charge is 0.376 e. The van der Waals surface area contributed by atoms with Gasteiger partial charge in [0, 0.05) is 17.3 Å². The Morgan fingerprint density at radius 3 is 1.90 bits per heavy atom. The third kappa shape index (κ3) is 13.6. The van der Waals surface area contributed by atoms with Crippen molar-refractivity contribution in [3.63, 3.8) is 0 Å². The quantitative estimate of drug-likeness (QED) is 0.238. The van der Waals surface area contributed by atoms with Gasteiger partial charge in [0.1, 0.15) is 0 Å². The highest BCUT2D eigenvalue weighted by Crippen LogP contribution is 2.22. The maximum atomic E-state index is 11.9. The minimum absolute atomic E-state index is 0.0408. The van der Waals surface area contributed by atoms with Crippen LogP contribution in [0.3, 0.4) is 0 Å². The van der Waals surface area contributed by atoms with E-state index in [1.165, 1.54) is 83.5 Å². The van der Waals surface area contributed by atoms with Crippen molar-refractivity contribution in [2.75, 3.05) is 18.4 Å². The number of anilines is 1. The number of hydrogen-bond acceptors (Lipinski definition) is 2. The van der Waals surface area contributed by atoms with Gasteiger partial charge in [0.2, 0.25) is 5.91 Å². The van der Waals surface area contributed by atoms with Crippen molar-refractivity contribution in [3.05, 3.63) is 28.8 Å². The van der Waals surface area contributed by atoms with Gasteiger partial charge in [0.15, 0.2) is 0 Å². The highest BCUT2D eigenvalue weighted by atomic mass is 35.5. The van der Waals surface area contributed by atoms with Gasteiger partial charge in [-0.05, 0) is 31.0 Å². The van der Waals surface area contributed by atoms with E-state index in [-0.39, 0.29) is 5.91 Å². The summed E-state index contributed by atoms with van der Waals surface area (Å²) in [5.74, 6) is 0.0408. The average molecular weight is 423 g/mol. The number of rotatable bonds is 18. The maximum Gasteiger partial charge on any atom is 0.239 e. The smallest absolute Gasteiger partial charge is 0.239 e. The third-order valence-corrected chi connectivity index (χ3v) is 5.97. The Morgan fingerprint density at radius 2 is 1.34 bits per heavy atom. The molecule has 1 amide bonds. The fourth-order valence-corrected chi connectivity index (χ4v) is 3.76. The molecular weight excluding hydrogens is 380 g/mol. The molecule has 0 atom stereocenters. The van der Waals surface area contributed by atoms with Crippen molar-refractivity contribution in [2.45, 2.75) is 104 Å². The van der Waals surface area contributed by atoms with E-state index in [0.717, 1.165) is 29.2 Å². The summed E-state index contributed by atoms with van der Waals surface area (Å²) in [5, 5.41) is 6.88. The fraction of sp³-hybridized carbons (Fsp3) is 0.720. The summed E-state index contributed by atoms with van der Waals surface area (Å²) >= 11 is 6.10. The molecule has 0 radical (unpaired) electrons. The number of halogens is 1. The zero-order valence-electron chi connectivity index (χ0n) is 18.8. The lowest BCUT2D eigenvalue weighted by molar-refractivity contribution is -0.119. The number of unbranched alkanes of at least 4 members (excludes halogenated alkanes) is 13. The number of amides is 1. The number of benzene rings is 1. The SMILES string of the molecule is CCCCCCCCCCCCCCCCNC(=O)CNc1cccc(Cl)c1C. The van der Waals surface area contributed by atoms with Crippen LogP contribution in [0.25, 0.3) is 0 Å². The molecule has 0 aliphatic rings. The topological polar surface area (TPSA) is 41.1 Å². The van der Waals surface area contributed by atoms with Crippen LogP contribution in [0.5, 0.6) is 0 Å². The summed E-state index contributed by atoms with van der Waals surface area (Å²) in [6, 6.07) is 5.70. The number of carbonyl (C=O) groups excluding carboxylic acids is 1. The summed E-state index contributed by atoms with van der Waals surface area (Å²) in [7, 11) is 0. The lowest BCUT2D eigenvalue weighted by Gasteiger charge is -2.11. The Kier molecular flexibility index (Phi) is 15.7. The summed E-state index contributed by atoms with van der Waals surface area (Å²) in [6.07, 6.45) is 18.9. The first-order valence-electron chi connectivity index (χ1n) is 11.9. The second-order valence-corrected chi connectivity index (χ2v) is 8.62. The Balaban J connectivity index is 1.86. The molecule has 0 spiro atoms. The maximum absolute atomic E-state index is 11.9. The van der Waals surface area contributed by atoms with Crippen LogP contribution >= 0.6 is 11.6 Å². The molecule has 4 heteroatoms. The fourth-order valence-electron chi connectivity index (χ4n) is 3.58. The molecule has 0 fully saturated rings. The van der Waals surface area contributed by atoms with E-state index >= 15 is 0 Å². The molecule has 166 valence electrons. The first-order valence-corrected chi connectivity index (χ1v) is 12.3. The minimum atomic E-state index is 0.0408. The van der Waals surface area contributed by atoms with Gasteiger partial charge in [-0.3, -0.25) is 4.79 Å². The molecule has 0 saturated heterocycles. The Hall–Kier alpha value is -1.22. The van der Waals surface area contributed by atoms with E-state index < -0.39 is 0 Å². The summed E-state index contributed by atoms with van der Waals surface area (Å²) < 4.78 is 0. The Labute approximate surface area is 184 Å². The van der Waals surface area contributed by atoms with E-state index in [4.69, 9.17) is 11.6 Å². The van der Waals surface area contributed by atoms with Crippen LogP contribution in [-0.4, -0.2) is 19.0 Å². The standard InChI is InChI=1S/C25H43ClN2O/c1-3-4-5-6-7-8-9-10-11-12-13-14-15-16-20-27-25(29)21-28-24-19-17-18-23(26)22(24)2/h17-19,28H,3-16,20-21H2,1-2H3,(H,27,29). The van der Waals surface area contributed by atoms with Gasteiger partial charge in [0.05, 0.1) is 6.54 Å². The molecule has 0 aromatic heterocycles. The lowest BCUT2D eigenvalue weighted by Crippen LogP contribution is -2.30. The van der Waals surface area contributed by atoms with Gasteiger partial charge < -0.3 is 10.6 Å². The Morgan fingerprint density at radius 1 is 0.828 bits per heavy atom. The number of nitrogens with one attached hydrogen (secondary N) is 2. The van der Waals surface area contributed by atoms with Crippen molar-refractivity contribution >= 4 is 23.2 Å². The third-order valence-electron chi connectivity index (χ3n) is 5.56. The van der Waals surface area contributed by atoms with Crippen LogP contribution in [0, 0.1) is 6.92 Å². The molecule has 0 aliphatic heterocycles. The molecule has 0 aliphatic carbocycles. The van der Waals surface area contributed by atoms with Gasteiger partial charge in [-0.1, -0.05) is 108 Å². The number of hydrogen-bond donors (Lipinski definition) is 2. The highest BCUT2D eigenvalue weighted by molar-refractivity contribution is 6.31. The summed E-state index contributed by atoms with van der Waals surface area (Å²) in [5.41, 5.74) is 1.90. The van der Waals surface area contributed by atoms with Crippen molar-refractivity contribution < 1.29 is 4.79 Å². The zero-order chi connectivity index (χ0) is 21.2. The predicted octanol–water partition coefficient (Wildman–Crippen LogP) is 7.66. The van der Waals surface area contributed by atoms with Crippen LogP contribution in [-0.2, 0) is 4.79 Å². The molecule has 3 nitrogen and oxygen atoms in total. The first-order chi connectivity index (χ1) is 14.1. The van der Waals surface area contributed by atoms with Crippen molar-refractivity contribution in [2.24, 2.45) is 0 Å². The van der Waals surface area contributed by atoms with Gasteiger partial charge in [-0.15, -0.1) is 0 Å². The van der Waals surface area contributed by atoms with Crippen LogP contribution in [0.2, 0.25) is 5.02 Å². The Bertz CT molecular complexity index is 548. The van der Waals surface area contributed by atoms with E-state index in [9.17, 15) is 4.79 Å². The van der Waals surface area contributed by atoms with Crippen molar-refractivity contribution in [1.82, 2.24) is 5.32 Å². The molecule has 0 saturated carbocycles. The molecule has 0 unspecified atom stereocenters.